The predicted octanol–water partition coefficient (Wildman–Crippen LogP) is 3.03. The van der Waals surface area contributed by atoms with Gasteiger partial charge in [0.1, 0.15) is 0 Å². The highest BCUT2D eigenvalue weighted by molar-refractivity contribution is 4.90. The highest BCUT2D eigenvalue weighted by Gasteiger charge is 2.36. The summed E-state index contributed by atoms with van der Waals surface area (Å²) in [4.78, 5) is 2.77. The van der Waals surface area contributed by atoms with E-state index in [2.05, 4.69) is 17.3 Å². The number of hydrogen-bond donors (Lipinski definition) is 1. The van der Waals surface area contributed by atoms with Crippen LogP contribution in [0.5, 0.6) is 0 Å². The molecule has 0 radical (unpaired) electrons. The van der Waals surface area contributed by atoms with E-state index in [-0.39, 0.29) is 0 Å². The molecule has 0 aromatic carbocycles. The van der Waals surface area contributed by atoms with Crippen molar-refractivity contribution in [2.45, 2.75) is 69.9 Å². The third-order valence-electron chi connectivity index (χ3n) is 5.67. The third kappa shape index (κ3) is 3.08. The average molecular weight is 250 g/mol. The van der Waals surface area contributed by atoms with Gasteiger partial charge in [-0.1, -0.05) is 12.8 Å². The molecule has 1 N–H and O–H groups in total. The molecule has 3 atom stereocenters. The molecule has 2 aliphatic carbocycles. The Morgan fingerprint density at radius 2 is 1.61 bits per heavy atom. The Labute approximate surface area is 113 Å². The summed E-state index contributed by atoms with van der Waals surface area (Å²) in [7, 11) is 2.41. The average Bonchev–Trinajstić information content (AvgIpc) is 3.24. The molecular weight excluding hydrogens is 220 g/mol. The quantitative estimate of drug-likeness (QED) is 0.828. The highest BCUT2D eigenvalue weighted by Crippen LogP contribution is 2.44. The summed E-state index contributed by atoms with van der Waals surface area (Å²) in [6.07, 6.45) is 13.2. The van der Waals surface area contributed by atoms with Crippen molar-refractivity contribution in [3.63, 3.8) is 0 Å². The van der Waals surface area contributed by atoms with E-state index in [1.54, 1.807) is 0 Å². The molecular formula is C16H30N2. The summed E-state index contributed by atoms with van der Waals surface area (Å²) in [5, 5.41) is 3.55. The second-order valence-corrected chi connectivity index (χ2v) is 6.92. The summed E-state index contributed by atoms with van der Waals surface area (Å²) in [5.74, 6) is 2.20. The first-order valence-corrected chi connectivity index (χ1v) is 8.27. The number of hydrogen-bond acceptors (Lipinski definition) is 2. The zero-order chi connectivity index (χ0) is 12.4. The summed E-state index contributed by atoms with van der Waals surface area (Å²) in [6, 6.07) is 1.75. The van der Waals surface area contributed by atoms with Crippen LogP contribution in [0.15, 0.2) is 0 Å². The summed E-state index contributed by atoms with van der Waals surface area (Å²) < 4.78 is 0. The molecule has 3 rings (SSSR count). The van der Waals surface area contributed by atoms with Crippen LogP contribution in [0.25, 0.3) is 0 Å². The normalized spacial score (nSPS) is 38.7. The highest BCUT2D eigenvalue weighted by atomic mass is 15.2. The zero-order valence-electron chi connectivity index (χ0n) is 12.0. The molecule has 2 heteroatoms. The van der Waals surface area contributed by atoms with Crippen molar-refractivity contribution < 1.29 is 0 Å². The van der Waals surface area contributed by atoms with Gasteiger partial charge in [0, 0.05) is 12.1 Å². The lowest BCUT2D eigenvalue weighted by atomic mass is 9.81. The Balaban J connectivity index is 1.54. The molecule has 0 aromatic heterocycles. The van der Waals surface area contributed by atoms with Crippen molar-refractivity contribution in [1.82, 2.24) is 10.2 Å². The van der Waals surface area contributed by atoms with Gasteiger partial charge >= 0.3 is 0 Å². The molecule has 3 unspecified atom stereocenters. The second-order valence-electron chi connectivity index (χ2n) is 6.92. The molecule has 1 saturated heterocycles. The van der Waals surface area contributed by atoms with Gasteiger partial charge in [0.25, 0.3) is 0 Å². The van der Waals surface area contributed by atoms with E-state index in [1.165, 1.54) is 70.9 Å². The third-order valence-corrected chi connectivity index (χ3v) is 5.67. The summed E-state index contributed by atoms with van der Waals surface area (Å²) in [5.41, 5.74) is 0. The Kier molecular flexibility index (Phi) is 4.25. The summed E-state index contributed by atoms with van der Waals surface area (Å²) >= 11 is 0. The van der Waals surface area contributed by atoms with E-state index < -0.39 is 0 Å². The molecule has 3 aliphatic rings. The van der Waals surface area contributed by atoms with Gasteiger partial charge in [0.15, 0.2) is 0 Å². The molecule has 104 valence electrons. The van der Waals surface area contributed by atoms with Gasteiger partial charge < -0.3 is 10.2 Å². The molecule has 0 amide bonds. The van der Waals surface area contributed by atoms with E-state index in [9.17, 15) is 0 Å². The van der Waals surface area contributed by atoms with Gasteiger partial charge in [-0.15, -0.1) is 0 Å². The zero-order valence-corrected chi connectivity index (χ0v) is 12.0. The SMILES string of the molecule is CN(C1CCCNCC1)C1CCCC(C2CC2)C1. The van der Waals surface area contributed by atoms with Crippen LogP contribution in [0.1, 0.15) is 57.8 Å². The van der Waals surface area contributed by atoms with Crippen molar-refractivity contribution in [2.75, 3.05) is 20.1 Å². The molecule has 2 nitrogen and oxygen atoms in total. The van der Waals surface area contributed by atoms with Gasteiger partial charge in [-0.25, -0.2) is 0 Å². The lowest BCUT2D eigenvalue weighted by molar-refractivity contribution is 0.101. The van der Waals surface area contributed by atoms with E-state index in [0.29, 0.717) is 0 Å². The Bertz CT molecular complexity index is 254. The van der Waals surface area contributed by atoms with Crippen molar-refractivity contribution in [2.24, 2.45) is 11.8 Å². The van der Waals surface area contributed by atoms with Crippen molar-refractivity contribution in [3.05, 3.63) is 0 Å². The first-order chi connectivity index (χ1) is 8.84. The fourth-order valence-electron chi connectivity index (χ4n) is 4.27. The van der Waals surface area contributed by atoms with Gasteiger partial charge in [0.05, 0.1) is 0 Å². The second kappa shape index (κ2) is 5.92. The van der Waals surface area contributed by atoms with Crippen LogP contribution in [0.3, 0.4) is 0 Å². The minimum Gasteiger partial charge on any atom is -0.317 e. The Morgan fingerprint density at radius 1 is 0.778 bits per heavy atom. The van der Waals surface area contributed by atoms with Crippen LogP contribution in [-0.2, 0) is 0 Å². The maximum absolute atomic E-state index is 3.55. The molecule has 18 heavy (non-hydrogen) atoms. The van der Waals surface area contributed by atoms with Crippen molar-refractivity contribution >= 4 is 0 Å². The molecule has 0 spiro atoms. The minimum atomic E-state index is 0.850. The fraction of sp³-hybridized carbons (Fsp3) is 1.00. The van der Waals surface area contributed by atoms with E-state index in [4.69, 9.17) is 0 Å². The van der Waals surface area contributed by atoms with Crippen LogP contribution in [0.4, 0.5) is 0 Å². The lowest BCUT2D eigenvalue weighted by Crippen LogP contribution is -2.43. The minimum absolute atomic E-state index is 0.850. The van der Waals surface area contributed by atoms with Crippen LogP contribution < -0.4 is 5.32 Å². The molecule has 0 bridgehead atoms. The topological polar surface area (TPSA) is 15.3 Å². The van der Waals surface area contributed by atoms with E-state index >= 15 is 0 Å². The van der Waals surface area contributed by atoms with Crippen molar-refractivity contribution in [1.29, 1.82) is 0 Å². The maximum Gasteiger partial charge on any atom is 0.0108 e. The van der Waals surface area contributed by atoms with Crippen LogP contribution in [0.2, 0.25) is 0 Å². The first-order valence-electron chi connectivity index (χ1n) is 8.27. The largest absolute Gasteiger partial charge is 0.317 e. The molecule has 3 fully saturated rings. The standard InChI is InChI=1S/C16H30N2/c1-18(15-6-3-10-17-11-9-15)16-5-2-4-14(12-16)13-7-8-13/h13-17H,2-12H2,1H3. The van der Waals surface area contributed by atoms with Crippen LogP contribution >= 0.6 is 0 Å². The maximum atomic E-state index is 3.55. The van der Waals surface area contributed by atoms with Crippen LogP contribution in [0, 0.1) is 11.8 Å². The smallest absolute Gasteiger partial charge is 0.0108 e. The number of nitrogens with one attached hydrogen (secondary N) is 1. The van der Waals surface area contributed by atoms with E-state index in [0.717, 1.165) is 23.9 Å². The monoisotopic (exact) mass is 250 g/mol. The summed E-state index contributed by atoms with van der Waals surface area (Å²) in [6.45, 7) is 2.47. The van der Waals surface area contributed by atoms with Gasteiger partial charge in [0.2, 0.25) is 0 Å². The molecule has 0 aromatic rings. The van der Waals surface area contributed by atoms with Gasteiger partial charge in [-0.2, -0.15) is 0 Å². The number of rotatable bonds is 3. The Hall–Kier alpha value is -0.0800. The lowest BCUT2D eigenvalue weighted by Gasteiger charge is -2.39. The van der Waals surface area contributed by atoms with Crippen LogP contribution in [-0.4, -0.2) is 37.1 Å². The van der Waals surface area contributed by atoms with Crippen molar-refractivity contribution in [3.8, 4) is 0 Å². The fourth-order valence-corrected chi connectivity index (χ4v) is 4.27. The van der Waals surface area contributed by atoms with Gasteiger partial charge in [-0.3, -0.25) is 0 Å². The molecule has 1 heterocycles. The first kappa shape index (κ1) is 12.9. The Morgan fingerprint density at radius 3 is 2.44 bits per heavy atom. The van der Waals surface area contributed by atoms with Gasteiger partial charge in [-0.05, 0) is 76.9 Å². The predicted molar refractivity (Wildman–Crippen MR) is 76.7 cm³/mol. The number of nitrogens with zero attached hydrogens (tertiary/aromatic N) is 1. The van der Waals surface area contributed by atoms with E-state index in [1.807, 2.05) is 0 Å². The molecule has 2 saturated carbocycles. The molecule has 1 aliphatic heterocycles.